The molecule has 3 aromatic carbocycles. The van der Waals surface area contributed by atoms with Gasteiger partial charge in [-0.1, -0.05) is 91.0 Å². The van der Waals surface area contributed by atoms with E-state index < -0.39 is 16.6 Å². The fourth-order valence-electron chi connectivity index (χ4n) is 5.68. The second kappa shape index (κ2) is 7.95. The maximum atomic E-state index is 11.8. The Morgan fingerprint density at radius 1 is 0.636 bits per heavy atom. The van der Waals surface area contributed by atoms with Crippen LogP contribution in [0.25, 0.3) is 11.3 Å². The number of pyridine rings is 1. The third kappa shape index (κ3) is 3.68. The molecule has 5 rings (SSSR count). The molecule has 1 aliphatic rings. The van der Waals surface area contributed by atoms with E-state index in [4.69, 9.17) is 4.98 Å². The van der Waals surface area contributed by atoms with Gasteiger partial charge in [-0.2, -0.15) is 0 Å². The summed E-state index contributed by atoms with van der Waals surface area (Å²) in [6.07, 6.45) is 2.65. The summed E-state index contributed by atoms with van der Waals surface area (Å²) in [7, 11) is 0. The summed E-state index contributed by atoms with van der Waals surface area (Å²) in [5.41, 5.74) is 3.03. The number of nitrogens with zero attached hydrogens (tertiary/aromatic N) is 1. The molecule has 0 saturated heterocycles. The summed E-state index contributed by atoms with van der Waals surface area (Å²) >= 11 is 0. The molecule has 1 aromatic heterocycles. The van der Waals surface area contributed by atoms with Crippen LogP contribution in [0.2, 0.25) is 0 Å². The summed E-state index contributed by atoms with van der Waals surface area (Å²) < 4.78 is 0. The van der Waals surface area contributed by atoms with Gasteiger partial charge in [0.1, 0.15) is 0 Å². The molecular weight excluding hydrogens is 406 g/mol. The van der Waals surface area contributed by atoms with Crippen LogP contribution < -0.4 is 0 Å². The number of aromatic nitrogens is 1. The highest BCUT2D eigenvalue weighted by atomic mass is 16.3. The highest BCUT2D eigenvalue weighted by Crippen LogP contribution is 2.57. The Labute approximate surface area is 195 Å². The molecule has 2 unspecified atom stereocenters. The molecule has 1 aliphatic carbocycles. The first-order valence-corrected chi connectivity index (χ1v) is 11.4. The van der Waals surface area contributed by atoms with Crippen molar-refractivity contribution in [2.24, 2.45) is 0 Å². The minimum atomic E-state index is -1.11. The van der Waals surface area contributed by atoms with Crippen molar-refractivity contribution in [3.8, 4) is 11.3 Å². The lowest BCUT2D eigenvalue weighted by Gasteiger charge is -2.42. The molecule has 0 radical (unpaired) electrons. The molecule has 3 heteroatoms. The number of hydrogen-bond donors (Lipinski definition) is 2. The largest absolute Gasteiger partial charge is 0.385 e. The Kier molecular flexibility index (Phi) is 5.19. The predicted molar refractivity (Wildman–Crippen MR) is 132 cm³/mol. The van der Waals surface area contributed by atoms with Crippen LogP contribution in [0.3, 0.4) is 0 Å². The average Bonchev–Trinajstić information content (AvgIpc) is 3.09. The van der Waals surface area contributed by atoms with E-state index >= 15 is 0 Å². The summed E-state index contributed by atoms with van der Waals surface area (Å²) in [4.78, 5) is 4.74. The van der Waals surface area contributed by atoms with Crippen molar-refractivity contribution in [2.75, 3.05) is 0 Å². The van der Waals surface area contributed by atoms with Gasteiger partial charge < -0.3 is 10.2 Å². The lowest BCUT2D eigenvalue weighted by molar-refractivity contribution is -0.00993. The Bertz CT molecular complexity index is 1160. The third-order valence-electron chi connectivity index (χ3n) is 7.10. The van der Waals surface area contributed by atoms with Gasteiger partial charge >= 0.3 is 0 Å². The molecule has 1 heterocycles. The first-order valence-electron chi connectivity index (χ1n) is 11.4. The number of rotatable bonds is 6. The molecule has 0 bridgehead atoms. The summed E-state index contributed by atoms with van der Waals surface area (Å²) in [6.45, 7) is 3.75. The van der Waals surface area contributed by atoms with E-state index in [1.165, 1.54) is 0 Å². The van der Waals surface area contributed by atoms with Gasteiger partial charge in [0.05, 0.1) is 16.9 Å². The van der Waals surface area contributed by atoms with Crippen LogP contribution in [0, 0.1) is 0 Å². The van der Waals surface area contributed by atoms with Crippen molar-refractivity contribution in [3.63, 3.8) is 0 Å². The first-order chi connectivity index (χ1) is 15.8. The lowest BCUT2D eigenvalue weighted by atomic mass is 9.64. The van der Waals surface area contributed by atoms with Crippen LogP contribution in [-0.2, 0) is 16.6 Å². The molecule has 0 aliphatic heterocycles. The zero-order valence-corrected chi connectivity index (χ0v) is 19.1. The van der Waals surface area contributed by atoms with Gasteiger partial charge in [-0.15, -0.1) is 0 Å². The van der Waals surface area contributed by atoms with E-state index in [1.54, 1.807) is 0 Å². The molecule has 0 saturated carbocycles. The van der Waals surface area contributed by atoms with E-state index in [-0.39, 0.29) is 0 Å². The molecule has 0 amide bonds. The van der Waals surface area contributed by atoms with E-state index in [0.29, 0.717) is 12.8 Å². The highest BCUT2D eigenvalue weighted by molar-refractivity contribution is 5.78. The van der Waals surface area contributed by atoms with Gasteiger partial charge in [-0.3, -0.25) is 4.98 Å². The van der Waals surface area contributed by atoms with E-state index in [1.807, 2.05) is 98.9 Å². The van der Waals surface area contributed by atoms with Crippen LogP contribution in [0.5, 0.6) is 0 Å². The van der Waals surface area contributed by atoms with Crippen molar-refractivity contribution in [1.82, 2.24) is 4.98 Å². The average molecular weight is 436 g/mol. The zero-order chi connectivity index (χ0) is 23.1. The molecule has 2 N–H and O–H groups in total. The highest BCUT2D eigenvalue weighted by Gasteiger charge is 2.51. The molecule has 4 aromatic rings. The van der Waals surface area contributed by atoms with E-state index in [9.17, 15) is 10.2 Å². The Morgan fingerprint density at radius 3 is 1.70 bits per heavy atom. The Balaban J connectivity index is 1.72. The molecule has 0 spiro atoms. The van der Waals surface area contributed by atoms with Crippen LogP contribution in [0.4, 0.5) is 0 Å². The van der Waals surface area contributed by atoms with Gasteiger partial charge in [0.2, 0.25) is 0 Å². The fraction of sp³-hybridized carbons (Fsp3) is 0.233. The molecular formula is C30H29NO2. The molecule has 166 valence electrons. The SMILES string of the molecule is CC(O)(CC1(CC(C)(O)c2ccccc2)c2ccccc2-c2ncccc21)c1ccccc1. The van der Waals surface area contributed by atoms with Crippen molar-refractivity contribution in [1.29, 1.82) is 0 Å². The van der Waals surface area contributed by atoms with Crippen LogP contribution in [0.1, 0.15) is 48.9 Å². The van der Waals surface area contributed by atoms with Crippen molar-refractivity contribution >= 4 is 0 Å². The molecule has 2 atom stereocenters. The summed E-state index contributed by atoms with van der Waals surface area (Å²) in [5.74, 6) is 0. The van der Waals surface area contributed by atoms with Crippen molar-refractivity contribution < 1.29 is 10.2 Å². The van der Waals surface area contributed by atoms with Crippen molar-refractivity contribution in [3.05, 3.63) is 126 Å². The molecule has 3 nitrogen and oxygen atoms in total. The maximum Gasteiger partial charge on any atom is 0.0880 e. The van der Waals surface area contributed by atoms with Gasteiger partial charge in [0, 0.05) is 17.2 Å². The standard InChI is InChI=1S/C30H29NO2/c1-28(32,22-12-5-3-6-13-22)20-30(21-29(2,33)23-14-7-4-8-15-23)25-17-10-9-16-24(25)27-26(30)18-11-19-31-27/h3-19,32-33H,20-21H2,1-2H3. The van der Waals surface area contributed by atoms with Gasteiger partial charge in [0.15, 0.2) is 0 Å². The number of fused-ring (bicyclic) bond motifs is 3. The van der Waals surface area contributed by atoms with Crippen LogP contribution in [0.15, 0.2) is 103 Å². The molecule has 33 heavy (non-hydrogen) atoms. The maximum absolute atomic E-state index is 11.8. The Hall–Kier alpha value is -3.27. The number of benzene rings is 3. The minimum Gasteiger partial charge on any atom is -0.385 e. The third-order valence-corrected chi connectivity index (χ3v) is 7.10. The van der Waals surface area contributed by atoms with Gasteiger partial charge in [-0.05, 0) is 55.0 Å². The van der Waals surface area contributed by atoms with Crippen molar-refractivity contribution in [2.45, 2.75) is 43.3 Å². The quantitative estimate of drug-likeness (QED) is 0.394. The summed E-state index contributed by atoms with van der Waals surface area (Å²) in [5, 5.41) is 23.7. The predicted octanol–water partition coefficient (Wildman–Crippen LogP) is 5.94. The van der Waals surface area contributed by atoms with Crippen LogP contribution in [-0.4, -0.2) is 15.2 Å². The summed E-state index contributed by atoms with van der Waals surface area (Å²) in [6, 6.07) is 31.9. The van der Waals surface area contributed by atoms with Gasteiger partial charge in [0.25, 0.3) is 0 Å². The fourth-order valence-corrected chi connectivity index (χ4v) is 5.68. The monoisotopic (exact) mass is 435 g/mol. The van der Waals surface area contributed by atoms with E-state index in [0.717, 1.165) is 33.5 Å². The van der Waals surface area contributed by atoms with Crippen LogP contribution >= 0.6 is 0 Å². The second-order valence-electron chi connectivity index (χ2n) is 9.66. The topological polar surface area (TPSA) is 53.4 Å². The van der Waals surface area contributed by atoms with E-state index in [2.05, 4.69) is 18.2 Å². The number of hydrogen-bond acceptors (Lipinski definition) is 3. The molecule has 0 fully saturated rings. The van der Waals surface area contributed by atoms with Gasteiger partial charge in [-0.25, -0.2) is 0 Å². The minimum absolute atomic E-state index is 0.419. The zero-order valence-electron chi connectivity index (χ0n) is 19.1. The second-order valence-corrected chi connectivity index (χ2v) is 9.66. The lowest BCUT2D eigenvalue weighted by Crippen LogP contribution is -2.41. The smallest absolute Gasteiger partial charge is 0.0880 e. The normalized spacial score (nSPS) is 20.4. The first kappa shape index (κ1) is 21.6. The number of aliphatic hydroxyl groups is 2. The Morgan fingerprint density at radius 2 is 1.12 bits per heavy atom.